The molecule has 2 aromatic rings. The van der Waals surface area contributed by atoms with Crippen LogP contribution in [0.5, 0.6) is 11.5 Å². The maximum absolute atomic E-state index is 10.7. The number of rotatable bonds is 9. The summed E-state index contributed by atoms with van der Waals surface area (Å²) >= 11 is 0. The van der Waals surface area contributed by atoms with Gasteiger partial charge < -0.3 is 9.47 Å². The largest absolute Gasteiger partial charge is 0.497 e. The van der Waals surface area contributed by atoms with E-state index < -0.39 is 0 Å². The van der Waals surface area contributed by atoms with Crippen LogP contribution in [0, 0.1) is 10.1 Å². The quantitative estimate of drug-likeness (QED) is 0.388. The topological polar surface area (TPSA) is 64.6 Å². The van der Waals surface area contributed by atoms with E-state index in [1.165, 1.54) is 5.56 Å². The lowest BCUT2D eigenvalue weighted by Crippen LogP contribution is -2.04. The number of aryl methyl sites for hydroxylation is 1. The van der Waals surface area contributed by atoms with Gasteiger partial charge in [-0.1, -0.05) is 18.2 Å². The van der Waals surface area contributed by atoms with E-state index >= 15 is 0 Å². The fourth-order valence-electron chi connectivity index (χ4n) is 3.22. The smallest absolute Gasteiger partial charge is 0.269 e. The van der Waals surface area contributed by atoms with Crippen LogP contribution in [0.1, 0.15) is 24.0 Å². The summed E-state index contributed by atoms with van der Waals surface area (Å²) in [7, 11) is 3.34. The van der Waals surface area contributed by atoms with Crippen molar-refractivity contribution in [3.63, 3.8) is 0 Å². The SMILES string of the molecule is COc1ccc(CN2CC2CCCc2ccc([N+](=O)[O-])cc2)c(OC)c1. The normalized spacial score (nSPS) is 18.4. The summed E-state index contributed by atoms with van der Waals surface area (Å²) in [5.74, 6) is 1.66. The highest BCUT2D eigenvalue weighted by molar-refractivity contribution is 5.41. The van der Waals surface area contributed by atoms with Crippen LogP contribution in [-0.2, 0) is 13.0 Å². The van der Waals surface area contributed by atoms with Crippen LogP contribution in [0.4, 0.5) is 5.69 Å². The predicted molar refractivity (Wildman–Crippen MR) is 99.8 cm³/mol. The maximum atomic E-state index is 10.7. The lowest BCUT2D eigenvalue weighted by molar-refractivity contribution is -0.384. The Kier molecular flexibility index (Phi) is 5.73. The van der Waals surface area contributed by atoms with Crippen LogP contribution in [0.15, 0.2) is 42.5 Å². The van der Waals surface area contributed by atoms with Crippen LogP contribution in [-0.4, -0.2) is 36.6 Å². The molecule has 2 aromatic carbocycles. The minimum Gasteiger partial charge on any atom is -0.497 e. The lowest BCUT2D eigenvalue weighted by atomic mass is 10.1. The molecule has 0 saturated carbocycles. The zero-order valence-electron chi connectivity index (χ0n) is 15.2. The summed E-state index contributed by atoms with van der Waals surface area (Å²) in [4.78, 5) is 12.7. The van der Waals surface area contributed by atoms with Crippen LogP contribution >= 0.6 is 0 Å². The molecular weight excluding hydrogens is 332 g/mol. The van der Waals surface area contributed by atoms with E-state index in [1.807, 2.05) is 24.3 Å². The van der Waals surface area contributed by atoms with Crippen molar-refractivity contribution in [1.29, 1.82) is 0 Å². The molecule has 0 spiro atoms. The highest BCUT2D eigenvalue weighted by atomic mass is 16.6. The van der Waals surface area contributed by atoms with Gasteiger partial charge in [-0.3, -0.25) is 15.0 Å². The van der Waals surface area contributed by atoms with Gasteiger partial charge >= 0.3 is 0 Å². The summed E-state index contributed by atoms with van der Waals surface area (Å²) in [6.45, 7) is 1.99. The van der Waals surface area contributed by atoms with Gasteiger partial charge in [0.2, 0.25) is 0 Å². The van der Waals surface area contributed by atoms with E-state index in [2.05, 4.69) is 11.0 Å². The molecule has 6 heteroatoms. The van der Waals surface area contributed by atoms with Crippen molar-refractivity contribution >= 4 is 5.69 Å². The van der Waals surface area contributed by atoms with Gasteiger partial charge in [0.1, 0.15) is 11.5 Å². The Morgan fingerprint density at radius 2 is 1.92 bits per heavy atom. The Hall–Kier alpha value is -2.60. The third-order valence-corrected chi connectivity index (χ3v) is 4.85. The van der Waals surface area contributed by atoms with Gasteiger partial charge in [0, 0.05) is 42.9 Å². The van der Waals surface area contributed by atoms with E-state index in [0.29, 0.717) is 6.04 Å². The van der Waals surface area contributed by atoms with Crippen molar-refractivity contribution < 1.29 is 14.4 Å². The Morgan fingerprint density at radius 1 is 1.15 bits per heavy atom. The van der Waals surface area contributed by atoms with Crippen LogP contribution < -0.4 is 9.47 Å². The molecule has 1 saturated heterocycles. The second kappa shape index (κ2) is 8.19. The molecule has 2 unspecified atom stereocenters. The van der Waals surface area contributed by atoms with Crippen molar-refractivity contribution in [3.05, 3.63) is 63.7 Å². The molecule has 0 radical (unpaired) electrons. The number of nitrogens with zero attached hydrogens (tertiary/aromatic N) is 2. The highest BCUT2D eigenvalue weighted by Crippen LogP contribution is 2.31. The van der Waals surface area contributed by atoms with Crippen molar-refractivity contribution in [2.24, 2.45) is 0 Å². The van der Waals surface area contributed by atoms with Crippen molar-refractivity contribution in [1.82, 2.24) is 4.90 Å². The molecule has 0 amide bonds. The zero-order valence-corrected chi connectivity index (χ0v) is 15.2. The number of non-ortho nitro benzene ring substituents is 1. The Bertz CT molecular complexity index is 761. The van der Waals surface area contributed by atoms with Crippen LogP contribution in [0.25, 0.3) is 0 Å². The molecule has 2 atom stereocenters. The number of hydrogen-bond donors (Lipinski definition) is 0. The molecule has 1 fully saturated rings. The average molecular weight is 356 g/mol. The van der Waals surface area contributed by atoms with Gasteiger partial charge in [0.25, 0.3) is 5.69 Å². The third kappa shape index (κ3) is 4.52. The van der Waals surface area contributed by atoms with E-state index in [-0.39, 0.29) is 10.6 Å². The average Bonchev–Trinajstić information content (AvgIpc) is 3.40. The summed E-state index contributed by atoms with van der Waals surface area (Å²) < 4.78 is 10.7. The van der Waals surface area contributed by atoms with Crippen LogP contribution in [0.2, 0.25) is 0 Å². The predicted octanol–water partition coefficient (Wildman–Crippen LogP) is 3.82. The molecule has 6 nitrogen and oxygen atoms in total. The first-order valence-corrected chi connectivity index (χ1v) is 8.79. The molecule has 0 aliphatic carbocycles. The second-order valence-corrected chi connectivity index (χ2v) is 6.58. The molecule has 0 N–H and O–H groups in total. The fourth-order valence-corrected chi connectivity index (χ4v) is 3.22. The number of hydrogen-bond acceptors (Lipinski definition) is 5. The number of nitro benzene ring substituents is 1. The lowest BCUT2D eigenvalue weighted by Gasteiger charge is -2.11. The van der Waals surface area contributed by atoms with Crippen molar-refractivity contribution in [2.75, 3.05) is 20.8 Å². The van der Waals surface area contributed by atoms with Gasteiger partial charge in [0.05, 0.1) is 19.1 Å². The Labute approximate surface area is 153 Å². The number of ether oxygens (including phenoxy) is 2. The van der Waals surface area contributed by atoms with Gasteiger partial charge in [-0.05, 0) is 30.9 Å². The van der Waals surface area contributed by atoms with Gasteiger partial charge in [-0.15, -0.1) is 0 Å². The third-order valence-electron chi connectivity index (χ3n) is 4.85. The minimum absolute atomic E-state index is 0.149. The Balaban J connectivity index is 1.44. The van der Waals surface area contributed by atoms with E-state index in [1.54, 1.807) is 26.4 Å². The second-order valence-electron chi connectivity index (χ2n) is 6.58. The molecule has 3 rings (SSSR count). The fraction of sp³-hybridized carbons (Fsp3) is 0.400. The molecule has 1 heterocycles. The molecule has 0 bridgehead atoms. The molecule has 1 aliphatic rings. The summed E-state index contributed by atoms with van der Waals surface area (Å²) in [5.41, 5.74) is 2.47. The van der Waals surface area contributed by atoms with E-state index in [4.69, 9.17) is 9.47 Å². The first kappa shape index (κ1) is 18.2. The van der Waals surface area contributed by atoms with Crippen molar-refractivity contribution in [3.8, 4) is 11.5 Å². The molecular formula is C20H24N2O4. The van der Waals surface area contributed by atoms with Crippen molar-refractivity contribution in [2.45, 2.75) is 31.8 Å². The first-order valence-electron chi connectivity index (χ1n) is 8.79. The van der Waals surface area contributed by atoms with Gasteiger partial charge in [-0.25, -0.2) is 0 Å². The van der Waals surface area contributed by atoms with Gasteiger partial charge in [0.15, 0.2) is 0 Å². The summed E-state index contributed by atoms with van der Waals surface area (Å²) in [6.07, 6.45) is 3.17. The number of benzene rings is 2. The highest BCUT2D eigenvalue weighted by Gasteiger charge is 2.33. The molecule has 26 heavy (non-hydrogen) atoms. The molecule has 138 valence electrons. The Morgan fingerprint density at radius 3 is 2.58 bits per heavy atom. The van der Waals surface area contributed by atoms with Gasteiger partial charge in [-0.2, -0.15) is 0 Å². The summed E-state index contributed by atoms with van der Waals surface area (Å²) in [6, 6.07) is 13.4. The monoisotopic (exact) mass is 356 g/mol. The maximum Gasteiger partial charge on any atom is 0.269 e. The first-order chi connectivity index (χ1) is 12.6. The summed E-state index contributed by atoms with van der Waals surface area (Å²) in [5, 5.41) is 10.7. The number of nitro groups is 1. The van der Waals surface area contributed by atoms with E-state index in [0.717, 1.165) is 49.4 Å². The standard InChI is InChI=1S/C20H24N2O4/c1-25-19-11-8-16(20(12-19)26-2)13-21-14-18(21)5-3-4-15-6-9-17(10-7-15)22(23)24/h6-12,18H,3-5,13-14H2,1-2H3. The molecule has 1 aliphatic heterocycles. The van der Waals surface area contributed by atoms with E-state index in [9.17, 15) is 10.1 Å². The molecule has 0 aromatic heterocycles. The van der Waals surface area contributed by atoms with Crippen LogP contribution in [0.3, 0.4) is 0 Å². The minimum atomic E-state index is -0.362. The number of methoxy groups -OCH3 is 2. The zero-order chi connectivity index (χ0) is 18.5.